The zero-order chi connectivity index (χ0) is 7.23. The van der Waals surface area contributed by atoms with Gasteiger partial charge in [-0.3, -0.25) is 0 Å². The van der Waals surface area contributed by atoms with Crippen molar-refractivity contribution in [1.29, 1.82) is 0 Å². The van der Waals surface area contributed by atoms with Gasteiger partial charge in [0.25, 0.3) is 0 Å². The first kappa shape index (κ1) is 8.41. The summed E-state index contributed by atoms with van der Waals surface area (Å²) in [7, 11) is 0. The molecular formula is C8H17NS. The van der Waals surface area contributed by atoms with Crippen molar-refractivity contribution in [1.82, 2.24) is 0 Å². The van der Waals surface area contributed by atoms with Crippen LogP contribution in [0.15, 0.2) is 0 Å². The third-order valence-corrected chi connectivity index (χ3v) is 3.47. The largest absolute Gasteiger partial charge is 0.330 e. The Morgan fingerprint density at radius 1 is 1.40 bits per heavy atom. The molecule has 1 saturated heterocycles. The van der Waals surface area contributed by atoms with E-state index in [1.807, 2.05) is 0 Å². The van der Waals surface area contributed by atoms with Crippen molar-refractivity contribution >= 4 is 11.8 Å². The van der Waals surface area contributed by atoms with Crippen molar-refractivity contribution in [3.05, 3.63) is 0 Å². The van der Waals surface area contributed by atoms with Gasteiger partial charge >= 0.3 is 0 Å². The van der Waals surface area contributed by atoms with Crippen molar-refractivity contribution < 1.29 is 0 Å². The van der Waals surface area contributed by atoms with Crippen LogP contribution < -0.4 is 5.73 Å². The summed E-state index contributed by atoms with van der Waals surface area (Å²) < 4.78 is 0. The molecule has 1 aliphatic rings. The lowest BCUT2D eigenvalue weighted by atomic mass is 10.1. The van der Waals surface area contributed by atoms with E-state index in [1.165, 1.54) is 37.9 Å². The smallest absolute Gasteiger partial charge is 0.00473 e. The van der Waals surface area contributed by atoms with Crippen LogP contribution in [0.25, 0.3) is 0 Å². The molecule has 1 fully saturated rings. The first-order valence-electron chi connectivity index (χ1n) is 4.25. The van der Waals surface area contributed by atoms with Crippen LogP contribution in [0.3, 0.4) is 0 Å². The minimum atomic E-state index is 0.872. The Kier molecular flexibility index (Phi) is 4.23. The molecule has 0 aliphatic carbocycles. The fourth-order valence-electron chi connectivity index (χ4n) is 1.39. The van der Waals surface area contributed by atoms with Gasteiger partial charge in [0.2, 0.25) is 0 Å². The highest BCUT2D eigenvalue weighted by molar-refractivity contribution is 8.00. The first-order valence-corrected chi connectivity index (χ1v) is 5.30. The molecular weight excluding hydrogens is 142 g/mol. The topological polar surface area (TPSA) is 26.0 Å². The number of nitrogens with two attached hydrogens (primary N) is 1. The summed E-state index contributed by atoms with van der Waals surface area (Å²) in [5.74, 6) is 1.40. The lowest BCUT2D eigenvalue weighted by molar-refractivity contribution is 0.643. The fourth-order valence-corrected chi connectivity index (χ4v) is 2.72. The number of rotatable bonds is 4. The molecule has 1 aliphatic heterocycles. The van der Waals surface area contributed by atoms with Crippen molar-refractivity contribution in [3.63, 3.8) is 0 Å². The standard InChI is InChI=1S/C8H17NS/c9-6-2-1-4-8-5-3-7-10-8/h8H,1-7,9H2. The Morgan fingerprint density at radius 2 is 2.30 bits per heavy atom. The zero-order valence-corrected chi connectivity index (χ0v) is 7.33. The van der Waals surface area contributed by atoms with E-state index in [1.54, 1.807) is 0 Å². The lowest BCUT2D eigenvalue weighted by Gasteiger charge is -2.05. The Hall–Kier alpha value is 0.310. The van der Waals surface area contributed by atoms with E-state index < -0.39 is 0 Å². The number of hydrogen-bond acceptors (Lipinski definition) is 2. The van der Waals surface area contributed by atoms with Gasteiger partial charge in [-0.15, -0.1) is 0 Å². The van der Waals surface area contributed by atoms with E-state index in [2.05, 4.69) is 11.8 Å². The summed E-state index contributed by atoms with van der Waals surface area (Å²) >= 11 is 2.15. The molecule has 0 spiro atoms. The summed E-state index contributed by atoms with van der Waals surface area (Å²) in [6.45, 7) is 0.872. The van der Waals surface area contributed by atoms with Gasteiger partial charge in [0.05, 0.1) is 0 Å². The van der Waals surface area contributed by atoms with Crippen molar-refractivity contribution in [2.75, 3.05) is 12.3 Å². The Bertz CT molecular complexity index is 79.3. The second kappa shape index (κ2) is 5.03. The highest BCUT2D eigenvalue weighted by Crippen LogP contribution is 2.29. The molecule has 60 valence electrons. The van der Waals surface area contributed by atoms with Crippen LogP contribution in [0.5, 0.6) is 0 Å². The highest BCUT2D eigenvalue weighted by Gasteiger charge is 2.13. The summed E-state index contributed by atoms with van der Waals surface area (Å²) in [6, 6.07) is 0. The fraction of sp³-hybridized carbons (Fsp3) is 1.00. The number of hydrogen-bond donors (Lipinski definition) is 1. The molecule has 2 heteroatoms. The van der Waals surface area contributed by atoms with Crippen molar-refractivity contribution in [3.8, 4) is 0 Å². The number of thioether (sulfide) groups is 1. The van der Waals surface area contributed by atoms with Crippen molar-refractivity contribution in [2.24, 2.45) is 5.73 Å². The Morgan fingerprint density at radius 3 is 2.90 bits per heavy atom. The average molecular weight is 159 g/mol. The normalized spacial score (nSPS) is 25.5. The monoisotopic (exact) mass is 159 g/mol. The molecule has 2 N–H and O–H groups in total. The second-order valence-electron chi connectivity index (χ2n) is 2.92. The van der Waals surface area contributed by atoms with Gasteiger partial charge in [0.1, 0.15) is 0 Å². The second-order valence-corrected chi connectivity index (χ2v) is 4.33. The predicted molar refractivity (Wildman–Crippen MR) is 48.4 cm³/mol. The van der Waals surface area contributed by atoms with Crippen LogP contribution >= 0.6 is 11.8 Å². The minimum absolute atomic E-state index is 0.872. The van der Waals surface area contributed by atoms with Gasteiger partial charge in [-0.05, 0) is 38.0 Å². The van der Waals surface area contributed by atoms with E-state index in [9.17, 15) is 0 Å². The minimum Gasteiger partial charge on any atom is -0.330 e. The maximum atomic E-state index is 5.41. The Labute approximate surface area is 67.8 Å². The highest BCUT2D eigenvalue weighted by atomic mass is 32.2. The van der Waals surface area contributed by atoms with Gasteiger partial charge in [-0.1, -0.05) is 6.42 Å². The van der Waals surface area contributed by atoms with E-state index in [4.69, 9.17) is 5.73 Å². The molecule has 0 bridgehead atoms. The molecule has 0 saturated carbocycles. The van der Waals surface area contributed by atoms with Crippen molar-refractivity contribution in [2.45, 2.75) is 37.4 Å². The molecule has 0 radical (unpaired) electrons. The van der Waals surface area contributed by atoms with Crippen LogP contribution in [0.2, 0.25) is 0 Å². The predicted octanol–water partition coefficient (Wildman–Crippen LogP) is 2.01. The molecule has 1 rings (SSSR count). The van der Waals surface area contributed by atoms with Gasteiger partial charge in [0.15, 0.2) is 0 Å². The molecule has 0 amide bonds. The van der Waals surface area contributed by atoms with Crippen LogP contribution in [-0.2, 0) is 0 Å². The van der Waals surface area contributed by atoms with Crippen LogP contribution in [-0.4, -0.2) is 17.5 Å². The van der Waals surface area contributed by atoms with Crippen LogP contribution in [0.1, 0.15) is 32.1 Å². The quantitative estimate of drug-likeness (QED) is 0.635. The summed E-state index contributed by atoms with van der Waals surface area (Å²) in [5, 5.41) is 0.978. The Balaban J connectivity index is 1.91. The van der Waals surface area contributed by atoms with Crippen LogP contribution in [0, 0.1) is 0 Å². The van der Waals surface area contributed by atoms with Gasteiger partial charge in [-0.2, -0.15) is 11.8 Å². The van der Waals surface area contributed by atoms with Gasteiger partial charge in [-0.25, -0.2) is 0 Å². The number of unbranched alkanes of at least 4 members (excludes halogenated alkanes) is 1. The third kappa shape index (κ3) is 2.93. The van der Waals surface area contributed by atoms with E-state index in [-0.39, 0.29) is 0 Å². The molecule has 1 atom stereocenters. The average Bonchev–Trinajstić information content (AvgIpc) is 2.41. The van der Waals surface area contributed by atoms with E-state index in [0.717, 1.165) is 11.8 Å². The molecule has 10 heavy (non-hydrogen) atoms. The SMILES string of the molecule is NCCCCC1CCCS1. The third-order valence-electron chi connectivity index (χ3n) is 2.00. The summed E-state index contributed by atoms with van der Waals surface area (Å²) in [4.78, 5) is 0. The molecule has 0 aromatic heterocycles. The lowest BCUT2D eigenvalue weighted by Crippen LogP contribution is -2.01. The molecule has 1 nitrogen and oxygen atoms in total. The molecule has 1 unspecified atom stereocenters. The zero-order valence-electron chi connectivity index (χ0n) is 6.51. The summed E-state index contributed by atoms with van der Waals surface area (Å²) in [5.41, 5.74) is 5.41. The molecule has 1 heterocycles. The first-order chi connectivity index (χ1) is 4.93. The van der Waals surface area contributed by atoms with E-state index >= 15 is 0 Å². The van der Waals surface area contributed by atoms with Gasteiger partial charge in [0, 0.05) is 5.25 Å². The van der Waals surface area contributed by atoms with E-state index in [0.29, 0.717) is 0 Å². The molecule has 0 aromatic carbocycles. The molecule has 0 aromatic rings. The van der Waals surface area contributed by atoms with Gasteiger partial charge < -0.3 is 5.73 Å². The maximum absolute atomic E-state index is 5.41. The van der Waals surface area contributed by atoms with Crippen LogP contribution in [0.4, 0.5) is 0 Å². The maximum Gasteiger partial charge on any atom is 0.00473 e. The summed E-state index contributed by atoms with van der Waals surface area (Å²) in [6.07, 6.45) is 6.86.